The first-order chi connectivity index (χ1) is 19.5. The number of rotatable bonds is 11. The molecule has 10 nitrogen and oxygen atoms in total. The van der Waals surface area contributed by atoms with Crippen molar-refractivity contribution in [2.45, 2.75) is 16.7 Å². The highest BCUT2D eigenvalue weighted by molar-refractivity contribution is 7.93. The second-order valence-electron chi connectivity index (χ2n) is 8.91. The molecular weight excluding hydrogens is 566 g/mol. The standard InChI is InChI=1S/C29H29N3O7S2/c1-21-8-7-9-23(18-21)31-40(34,35)25-15-12-22(13-16-25)30-29(33)20-32(41(36,37)26-10-5-4-6-11-26)27-19-24(38-2)14-17-28(27)39-3/h4-19,31H,20H2,1-3H3,(H,30,33). The first kappa shape index (κ1) is 29.4. The number of amides is 1. The molecule has 0 aliphatic carbocycles. The molecule has 0 unspecified atom stereocenters. The predicted molar refractivity (Wildman–Crippen MR) is 158 cm³/mol. The molecule has 41 heavy (non-hydrogen) atoms. The first-order valence-electron chi connectivity index (χ1n) is 12.3. The van der Waals surface area contributed by atoms with Crippen LogP contribution in [0.4, 0.5) is 17.1 Å². The molecule has 0 aromatic heterocycles. The summed E-state index contributed by atoms with van der Waals surface area (Å²) in [6.07, 6.45) is 0. The highest BCUT2D eigenvalue weighted by atomic mass is 32.2. The third-order valence-corrected chi connectivity index (χ3v) is 9.16. The van der Waals surface area contributed by atoms with Gasteiger partial charge in [0.2, 0.25) is 5.91 Å². The number of aryl methyl sites for hydroxylation is 1. The zero-order chi connectivity index (χ0) is 29.6. The Morgan fingerprint density at radius 3 is 2.10 bits per heavy atom. The third-order valence-electron chi connectivity index (χ3n) is 5.99. The van der Waals surface area contributed by atoms with Crippen LogP contribution >= 0.6 is 0 Å². The number of anilines is 3. The fourth-order valence-electron chi connectivity index (χ4n) is 3.98. The molecule has 0 heterocycles. The van der Waals surface area contributed by atoms with Crippen LogP contribution < -0.4 is 23.8 Å². The molecule has 0 bridgehead atoms. The van der Waals surface area contributed by atoms with E-state index in [9.17, 15) is 21.6 Å². The minimum Gasteiger partial charge on any atom is -0.497 e. The second-order valence-corrected chi connectivity index (χ2v) is 12.5. The largest absolute Gasteiger partial charge is 0.497 e. The highest BCUT2D eigenvalue weighted by Gasteiger charge is 2.30. The molecular formula is C29H29N3O7S2. The van der Waals surface area contributed by atoms with Crippen molar-refractivity contribution in [3.05, 3.63) is 103 Å². The van der Waals surface area contributed by atoms with Gasteiger partial charge in [-0.15, -0.1) is 0 Å². The summed E-state index contributed by atoms with van der Waals surface area (Å²) in [5, 5.41) is 2.64. The normalized spacial score (nSPS) is 11.4. The summed E-state index contributed by atoms with van der Waals surface area (Å²) in [6.45, 7) is 1.25. The van der Waals surface area contributed by atoms with Crippen LogP contribution in [0.1, 0.15) is 5.56 Å². The van der Waals surface area contributed by atoms with Crippen LogP contribution in [0.3, 0.4) is 0 Å². The van der Waals surface area contributed by atoms with Crippen molar-refractivity contribution in [1.29, 1.82) is 0 Å². The molecule has 0 radical (unpaired) electrons. The molecule has 4 aromatic carbocycles. The molecule has 0 atom stereocenters. The number of benzene rings is 4. The van der Waals surface area contributed by atoms with Gasteiger partial charge in [0, 0.05) is 17.4 Å². The second kappa shape index (κ2) is 12.3. The minimum atomic E-state index is -4.21. The van der Waals surface area contributed by atoms with Crippen molar-refractivity contribution in [3.63, 3.8) is 0 Å². The number of hydrogen-bond donors (Lipinski definition) is 2. The Labute approximate surface area is 239 Å². The number of nitrogens with zero attached hydrogens (tertiary/aromatic N) is 1. The molecule has 214 valence electrons. The van der Waals surface area contributed by atoms with E-state index in [2.05, 4.69) is 10.0 Å². The van der Waals surface area contributed by atoms with Gasteiger partial charge in [-0.2, -0.15) is 0 Å². The van der Waals surface area contributed by atoms with Gasteiger partial charge >= 0.3 is 0 Å². The molecule has 0 spiro atoms. The van der Waals surface area contributed by atoms with E-state index in [1.54, 1.807) is 48.5 Å². The van der Waals surface area contributed by atoms with E-state index in [1.165, 1.54) is 56.7 Å². The van der Waals surface area contributed by atoms with Crippen molar-refractivity contribution in [2.75, 3.05) is 35.1 Å². The number of hydrogen-bond acceptors (Lipinski definition) is 7. The number of carbonyl (C=O) groups excluding carboxylic acids is 1. The van der Waals surface area contributed by atoms with Gasteiger partial charge in [-0.05, 0) is 73.2 Å². The van der Waals surface area contributed by atoms with Crippen LogP contribution in [-0.4, -0.2) is 43.5 Å². The zero-order valence-electron chi connectivity index (χ0n) is 22.6. The first-order valence-corrected chi connectivity index (χ1v) is 15.2. The number of ether oxygens (including phenoxy) is 2. The smallest absolute Gasteiger partial charge is 0.264 e. The summed E-state index contributed by atoms with van der Waals surface area (Å²) < 4.78 is 67.1. The van der Waals surface area contributed by atoms with E-state index in [0.717, 1.165) is 9.87 Å². The van der Waals surface area contributed by atoms with Crippen molar-refractivity contribution in [3.8, 4) is 11.5 Å². The number of carbonyl (C=O) groups is 1. The Kier molecular flexibility index (Phi) is 8.84. The fourth-order valence-corrected chi connectivity index (χ4v) is 6.48. The summed E-state index contributed by atoms with van der Waals surface area (Å²) in [7, 11) is -5.25. The molecule has 1 amide bonds. The van der Waals surface area contributed by atoms with Crippen molar-refractivity contribution in [1.82, 2.24) is 0 Å². The lowest BCUT2D eigenvalue weighted by molar-refractivity contribution is -0.114. The van der Waals surface area contributed by atoms with Gasteiger partial charge in [-0.3, -0.25) is 13.8 Å². The van der Waals surface area contributed by atoms with Gasteiger partial charge in [-0.25, -0.2) is 16.8 Å². The third kappa shape index (κ3) is 6.97. The molecule has 0 saturated carbocycles. The maximum Gasteiger partial charge on any atom is 0.264 e. The number of nitrogens with one attached hydrogen (secondary N) is 2. The molecule has 4 rings (SSSR count). The van der Waals surface area contributed by atoms with E-state index in [0.29, 0.717) is 11.4 Å². The van der Waals surface area contributed by atoms with Gasteiger partial charge in [0.05, 0.1) is 29.7 Å². The van der Waals surface area contributed by atoms with Crippen LogP contribution in [0.15, 0.2) is 107 Å². The quantitative estimate of drug-likeness (QED) is 0.258. The lowest BCUT2D eigenvalue weighted by Gasteiger charge is -2.26. The molecule has 12 heteroatoms. The van der Waals surface area contributed by atoms with Gasteiger partial charge in [0.15, 0.2) is 0 Å². The van der Waals surface area contributed by atoms with Crippen LogP contribution in [-0.2, 0) is 24.8 Å². The number of sulfonamides is 2. The van der Waals surface area contributed by atoms with E-state index in [-0.39, 0.29) is 26.9 Å². The Bertz CT molecular complexity index is 1740. The maximum atomic E-state index is 13.7. The Morgan fingerprint density at radius 1 is 0.756 bits per heavy atom. The predicted octanol–water partition coefficient (Wildman–Crippen LogP) is 4.65. The van der Waals surface area contributed by atoms with E-state index in [4.69, 9.17) is 9.47 Å². The monoisotopic (exact) mass is 595 g/mol. The average Bonchev–Trinajstić information content (AvgIpc) is 2.96. The van der Waals surface area contributed by atoms with Gasteiger partial charge in [0.1, 0.15) is 18.0 Å². The minimum absolute atomic E-state index is 0.00796. The molecule has 0 saturated heterocycles. The van der Waals surface area contributed by atoms with E-state index < -0.39 is 32.5 Å². The Hall–Kier alpha value is -4.55. The highest BCUT2D eigenvalue weighted by Crippen LogP contribution is 2.35. The summed E-state index contributed by atoms with van der Waals surface area (Å²) in [5.74, 6) is -0.0813. The van der Waals surface area contributed by atoms with Crippen LogP contribution in [0.5, 0.6) is 11.5 Å². The molecule has 4 aromatic rings. The van der Waals surface area contributed by atoms with Crippen molar-refractivity contribution in [2.24, 2.45) is 0 Å². The van der Waals surface area contributed by atoms with Gasteiger partial charge in [-0.1, -0.05) is 30.3 Å². The van der Waals surface area contributed by atoms with Gasteiger partial charge < -0.3 is 14.8 Å². The number of methoxy groups -OCH3 is 2. The zero-order valence-corrected chi connectivity index (χ0v) is 24.2. The van der Waals surface area contributed by atoms with Crippen molar-refractivity contribution >= 4 is 43.0 Å². The molecule has 0 aliphatic heterocycles. The SMILES string of the molecule is COc1ccc(OC)c(N(CC(=O)Nc2ccc(S(=O)(=O)Nc3cccc(C)c3)cc2)S(=O)(=O)c2ccccc2)c1. The van der Waals surface area contributed by atoms with E-state index >= 15 is 0 Å². The Balaban J connectivity index is 1.59. The van der Waals surface area contributed by atoms with Crippen LogP contribution in [0.2, 0.25) is 0 Å². The van der Waals surface area contributed by atoms with Crippen LogP contribution in [0.25, 0.3) is 0 Å². The van der Waals surface area contributed by atoms with Crippen LogP contribution in [0, 0.1) is 6.92 Å². The summed E-state index contributed by atoms with van der Waals surface area (Å²) in [6, 6.07) is 24.8. The van der Waals surface area contributed by atoms with E-state index in [1.807, 2.05) is 13.0 Å². The van der Waals surface area contributed by atoms with Gasteiger partial charge in [0.25, 0.3) is 20.0 Å². The average molecular weight is 596 g/mol. The molecule has 0 fully saturated rings. The Morgan fingerprint density at radius 2 is 1.46 bits per heavy atom. The lowest BCUT2D eigenvalue weighted by atomic mass is 10.2. The summed E-state index contributed by atoms with van der Waals surface area (Å²) in [5.41, 5.74) is 1.71. The lowest BCUT2D eigenvalue weighted by Crippen LogP contribution is -2.38. The summed E-state index contributed by atoms with van der Waals surface area (Å²) >= 11 is 0. The fraction of sp³-hybridized carbons (Fsp3) is 0.138. The topological polar surface area (TPSA) is 131 Å². The van der Waals surface area contributed by atoms with Crippen molar-refractivity contribution < 1.29 is 31.1 Å². The molecule has 0 aliphatic rings. The summed E-state index contributed by atoms with van der Waals surface area (Å²) in [4.78, 5) is 13.1. The molecule has 2 N–H and O–H groups in total. The maximum absolute atomic E-state index is 13.7.